The molecule has 0 aliphatic carbocycles. The minimum atomic E-state index is 0.320. The lowest BCUT2D eigenvalue weighted by Crippen LogP contribution is -2.31. The number of aliphatic hydroxyl groups is 1. The standard InChI is InChI=1S/C15H25NO/c1-14(2)16(11-7-4-8-12-17)13-15-9-5-3-6-10-15/h3,5-6,9-10,14,17H,4,7-8,11-13H2,1-2H3. The Kier molecular flexibility index (Phi) is 6.90. The van der Waals surface area contributed by atoms with E-state index in [1.807, 2.05) is 0 Å². The molecule has 0 aromatic heterocycles. The van der Waals surface area contributed by atoms with Gasteiger partial charge in [-0.25, -0.2) is 0 Å². The van der Waals surface area contributed by atoms with Crippen molar-refractivity contribution in [1.82, 2.24) is 4.90 Å². The zero-order valence-electron chi connectivity index (χ0n) is 11.1. The van der Waals surface area contributed by atoms with E-state index in [1.54, 1.807) is 0 Å². The van der Waals surface area contributed by atoms with Crippen LogP contribution in [0.25, 0.3) is 0 Å². The summed E-state index contributed by atoms with van der Waals surface area (Å²) in [5.74, 6) is 0. The van der Waals surface area contributed by atoms with Crippen LogP contribution in [0, 0.1) is 0 Å². The highest BCUT2D eigenvalue weighted by Gasteiger charge is 2.09. The highest BCUT2D eigenvalue weighted by molar-refractivity contribution is 5.14. The summed E-state index contributed by atoms with van der Waals surface area (Å²) >= 11 is 0. The van der Waals surface area contributed by atoms with Gasteiger partial charge in [-0.2, -0.15) is 0 Å². The lowest BCUT2D eigenvalue weighted by atomic mass is 10.1. The van der Waals surface area contributed by atoms with Gasteiger partial charge >= 0.3 is 0 Å². The third-order valence-electron chi connectivity index (χ3n) is 3.06. The fourth-order valence-electron chi connectivity index (χ4n) is 1.94. The fourth-order valence-corrected chi connectivity index (χ4v) is 1.94. The van der Waals surface area contributed by atoms with Crippen LogP contribution in [0.5, 0.6) is 0 Å². The summed E-state index contributed by atoms with van der Waals surface area (Å²) in [6.07, 6.45) is 3.22. The summed E-state index contributed by atoms with van der Waals surface area (Å²) in [7, 11) is 0. The van der Waals surface area contributed by atoms with Crippen LogP contribution in [0.2, 0.25) is 0 Å². The molecule has 0 amide bonds. The van der Waals surface area contributed by atoms with Crippen LogP contribution >= 0.6 is 0 Å². The molecule has 0 fully saturated rings. The lowest BCUT2D eigenvalue weighted by molar-refractivity contribution is 0.204. The highest BCUT2D eigenvalue weighted by Crippen LogP contribution is 2.09. The quantitative estimate of drug-likeness (QED) is 0.700. The zero-order chi connectivity index (χ0) is 12.5. The van der Waals surface area contributed by atoms with Crippen molar-refractivity contribution in [1.29, 1.82) is 0 Å². The first-order valence-corrected chi connectivity index (χ1v) is 6.63. The summed E-state index contributed by atoms with van der Waals surface area (Å²) in [6, 6.07) is 11.2. The summed E-state index contributed by atoms with van der Waals surface area (Å²) in [6.45, 7) is 6.95. The topological polar surface area (TPSA) is 23.5 Å². The molecular formula is C15H25NO. The van der Waals surface area contributed by atoms with Crippen molar-refractivity contribution in [2.45, 2.75) is 45.7 Å². The molecule has 2 heteroatoms. The van der Waals surface area contributed by atoms with Gasteiger partial charge in [0, 0.05) is 19.2 Å². The highest BCUT2D eigenvalue weighted by atomic mass is 16.2. The van der Waals surface area contributed by atoms with E-state index in [-0.39, 0.29) is 0 Å². The third-order valence-corrected chi connectivity index (χ3v) is 3.06. The van der Waals surface area contributed by atoms with Crippen LogP contribution in [0.15, 0.2) is 30.3 Å². The second-order valence-corrected chi connectivity index (χ2v) is 4.83. The van der Waals surface area contributed by atoms with Crippen molar-refractivity contribution in [2.24, 2.45) is 0 Å². The maximum atomic E-state index is 8.76. The predicted molar refractivity (Wildman–Crippen MR) is 72.9 cm³/mol. The Morgan fingerprint density at radius 2 is 1.76 bits per heavy atom. The molecule has 0 unspecified atom stereocenters. The maximum Gasteiger partial charge on any atom is 0.0431 e. The molecule has 1 rings (SSSR count). The molecule has 0 aliphatic rings. The Morgan fingerprint density at radius 1 is 1.06 bits per heavy atom. The van der Waals surface area contributed by atoms with Crippen molar-refractivity contribution in [3.8, 4) is 0 Å². The second kappa shape index (κ2) is 8.26. The normalized spacial score (nSPS) is 11.4. The smallest absolute Gasteiger partial charge is 0.0431 e. The number of unbranched alkanes of at least 4 members (excludes halogenated alkanes) is 2. The number of benzene rings is 1. The molecule has 1 N–H and O–H groups in total. The van der Waals surface area contributed by atoms with Crippen molar-refractivity contribution < 1.29 is 5.11 Å². The van der Waals surface area contributed by atoms with Gasteiger partial charge in [0.05, 0.1) is 0 Å². The molecule has 2 nitrogen and oxygen atoms in total. The average Bonchev–Trinajstić information content (AvgIpc) is 2.34. The van der Waals surface area contributed by atoms with Gasteiger partial charge in [0.1, 0.15) is 0 Å². The molecule has 0 bridgehead atoms. The van der Waals surface area contributed by atoms with E-state index < -0.39 is 0 Å². The monoisotopic (exact) mass is 235 g/mol. The van der Waals surface area contributed by atoms with Crippen LogP contribution < -0.4 is 0 Å². The first kappa shape index (κ1) is 14.2. The van der Waals surface area contributed by atoms with E-state index in [1.165, 1.54) is 12.0 Å². The van der Waals surface area contributed by atoms with Gasteiger partial charge in [-0.3, -0.25) is 4.90 Å². The maximum absolute atomic E-state index is 8.76. The minimum Gasteiger partial charge on any atom is -0.396 e. The molecule has 0 atom stereocenters. The van der Waals surface area contributed by atoms with E-state index >= 15 is 0 Å². The molecule has 17 heavy (non-hydrogen) atoms. The van der Waals surface area contributed by atoms with E-state index in [2.05, 4.69) is 49.1 Å². The number of nitrogens with zero attached hydrogens (tertiary/aromatic N) is 1. The summed E-state index contributed by atoms with van der Waals surface area (Å²) in [4.78, 5) is 2.49. The van der Waals surface area contributed by atoms with Gasteiger partial charge in [-0.15, -0.1) is 0 Å². The Morgan fingerprint density at radius 3 is 2.35 bits per heavy atom. The van der Waals surface area contributed by atoms with Gasteiger partial charge in [-0.1, -0.05) is 30.3 Å². The van der Waals surface area contributed by atoms with Gasteiger partial charge < -0.3 is 5.11 Å². The average molecular weight is 235 g/mol. The summed E-state index contributed by atoms with van der Waals surface area (Å²) in [5.41, 5.74) is 1.38. The van der Waals surface area contributed by atoms with Crippen molar-refractivity contribution >= 4 is 0 Å². The second-order valence-electron chi connectivity index (χ2n) is 4.83. The number of hydrogen-bond donors (Lipinski definition) is 1. The van der Waals surface area contributed by atoms with Gasteiger partial charge in [0.2, 0.25) is 0 Å². The van der Waals surface area contributed by atoms with Crippen LogP contribution in [0.3, 0.4) is 0 Å². The summed E-state index contributed by atoms with van der Waals surface area (Å²) in [5, 5.41) is 8.76. The first-order chi connectivity index (χ1) is 8.24. The predicted octanol–water partition coefficient (Wildman–Crippen LogP) is 3.06. The number of hydrogen-bond acceptors (Lipinski definition) is 2. The first-order valence-electron chi connectivity index (χ1n) is 6.63. The molecule has 0 heterocycles. The van der Waals surface area contributed by atoms with Gasteiger partial charge in [0.25, 0.3) is 0 Å². The van der Waals surface area contributed by atoms with Crippen LogP contribution in [-0.2, 0) is 6.54 Å². The molecule has 0 saturated carbocycles. The number of rotatable bonds is 8. The van der Waals surface area contributed by atoms with E-state index in [0.717, 1.165) is 25.9 Å². The largest absolute Gasteiger partial charge is 0.396 e. The molecule has 0 spiro atoms. The van der Waals surface area contributed by atoms with E-state index in [0.29, 0.717) is 12.6 Å². The zero-order valence-corrected chi connectivity index (χ0v) is 11.1. The lowest BCUT2D eigenvalue weighted by Gasteiger charge is -2.26. The van der Waals surface area contributed by atoms with E-state index in [4.69, 9.17) is 5.11 Å². The Hall–Kier alpha value is -0.860. The number of aliphatic hydroxyl groups excluding tert-OH is 1. The van der Waals surface area contributed by atoms with E-state index in [9.17, 15) is 0 Å². The third kappa shape index (κ3) is 5.85. The van der Waals surface area contributed by atoms with Crippen molar-refractivity contribution in [3.05, 3.63) is 35.9 Å². The molecule has 1 aromatic rings. The van der Waals surface area contributed by atoms with Gasteiger partial charge in [0.15, 0.2) is 0 Å². The van der Waals surface area contributed by atoms with Crippen LogP contribution in [-0.4, -0.2) is 29.2 Å². The molecule has 1 aromatic carbocycles. The Balaban J connectivity index is 2.38. The molecule has 0 saturated heterocycles. The molecular weight excluding hydrogens is 210 g/mol. The fraction of sp³-hybridized carbons (Fsp3) is 0.600. The SMILES string of the molecule is CC(C)N(CCCCCO)Cc1ccccc1. The van der Waals surface area contributed by atoms with Crippen LogP contribution in [0.4, 0.5) is 0 Å². The van der Waals surface area contributed by atoms with Crippen molar-refractivity contribution in [2.75, 3.05) is 13.2 Å². The Labute approximate surface area is 105 Å². The van der Waals surface area contributed by atoms with Crippen molar-refractivity contribution in [3.63, 3.8) is 0 Å². The summed E-state index contributed by atoms with van der Waals surface area (Å²) < 4.78 is 0. The van der Waals surface area contributed by atoms with Crippen LogP contribution in [0.1, 0.15) is 38.7 Å². The minimum absolute atomic E-state index is 0.320. The van der Waals surface area contributed by atoms with Gasteiger partial charge in [-0.05, 0) is 45.2 Å². The molecule has 0 aliphatic heterocycles. The Bertz CT molecular complexity index is 284. The molecule has 0 radical (unpaired) electrons. The molecule has 96 valence electrons.